The number of amides is 2. The van der Waals surface area contributed by atoms with Crippen molar-refractivity contribution in [1.29, 1.82) is 0 Å². The summed E-state index contributed by atoms with van der Waals surface area (Å²) < 4.78 is 20.6. The second-order valence-corrected chi connectivity index (χ2v) is 10.9. The summed E-state index contributed by atoms with van der Waals surface area (Å²) in [5.41, 5.74) is 3.18. The zero-order valence-corrected chi connectivity index (χ0v) is 22.9. The lowest BCUT2D eigenvalue weighted by molar-refractivity contribution is 0.0350. The van der Waals surface area contributed by atoms with Gasteiger partial charge in [0.1, 0.15) is 11.6 Å². The van der Waals surface area contributed by atoms with Crippen molar-refractivity contribution >= 4 is 22.7 Å². The molecule has 0 bridgehead atoms. The summed E-state index contributed by atoms with van der Waals surface area (Å²) in [6.07, 6.45) is 4.74. The van der Waals surface area contributed by atoms with Gasteiger partial charge in [-0.1, -0.05) is 18.2 Å². The number of H-pyrrole nitrogens is 1. The van der Waals surface area contributed by atoms with Gasteiger partial charge in [-0.05, 0) is 98.2 Å². The average molecular weight is 544 g/mol. The van der Waals surface area contributed by atoms with Gasteiger partial charge in [0, 0.05) is 29.7 Å². The van der Waals surface area contributed by atoms with E-state index in [1.54, 1.807) is 26.0 Å². The molecule has 2 heterocycles. The monoisotopic (exact) mass is 543 g/mol. The molecular formula is C32H34FN3O4. The maximum atomic E-state index is 14.6. The van der Waals surface area contributed by atoms with Crippen LogP contribution >= 0.6 is 0 Å². The SMILES string of the molecule is CNC(=O)c1cc(F)cc(-c2cc3c(c(C(=O)NC(Cc4c[nH]c5ccccc45)C(C)(C)O)c2)OCCCC3)c1. The predicted octanol–water partition coefficient (Wildman–Crippen LogP) is 5.16. The molecule has 0 aliphatic carbocycles. The number of halogens is 1. The third-order valence-electron chi connectivity index (χ3n) is 7.47. The smallest absolute Gasteiger partial charge is 0.255 e. The van der Waals surface area contributed by atoms with Gasteiger partial charge in [0.05, 0.1) is 23.8 Å². The molecule has 7 nitrogen and oxygen atoms in total. The summed E-state index contributed by atoms with van der Waals surface area (Å²) in [6.45, 7) is 3.83. The number of rotatable bonds is 7. The highest BCUT2D eigenvalue weighted by Gasteiger charge is 2.31. The minimum Gasteiger partial charge on any atom is -0.492 e. The van der Waals surface area contributed by atoms with Gasteiger partial charge in [-0.2, -0.15) is 0 Å². The third-order valence-corrected chi connectivity index (χ3v) is 7.47. The van der Waals surface area contributed by atoms with Crippen LogP contribution in [-0.2, 0) is 12.8 Å². The molecule has 208 valence electrons. The van der Waals surface area contributed by atoms with Crippen LogP contribution in [-0.4, -0.2) is 47.2 Å². The number of fused-ring (bicyclic) bond motifs is 2. The molecule has 8 heteroatoms. The van der Waals surface area contributed by atoms with Crippen molar-refractivity contribution in [3.63, 3.8) is 0 Å². The van der Waals surface area contributed by atoms with Gasteiger partial charge in [0.15, 0.2) is 0 Å². The number of aryl methyl sites for hydroxylation is 1. The lowest BCUT2D eigenvalue weighted by Gasteiger charge is -2.30. The highest BCUT2D eigenvalue weighted by Crippen LogP contribution is 2.35. The summed E-state index contributed by atoms with van der Waals surface area (Å²) in [7, 11) is 1.49. The van der Waals surface area contributed by atoms with E-state index in [0.717, 1.165) is 34.9 Å². The Morgan fingerprint density at radius 3 is 2.62 bits per heavy atom. The van der Waals surface area contributed by atoms with Crippen molar-refractivity contribution in [2.45, 2.75) is 51.2 Å². The maximum Gasteiger partial charge on any atom is 0.255 e. The molecule has 1 aliphatic rings. The molecule has 5 rings (SSSR count). The van der Waals surface area contributed by atoms with Crippen LogP contribution < -0.4 is 15.4 Å². The van der Waals surface area contributed by atoms with Gasteiger partial charge in [0.25, 0.3) is 11.8 Å². The molecule has 0 fully saturated rings. The largest absolute Gasteiger partial charge is 0.492 e. The van der Waals surface area contributed by atoms with Gasteiger partial charge in [-0.15, -0.1) is 0 Å². The molecule has 2 amide bonds. The Hall–Kier alpha value is -4.17. The van der Waals surface area contributed by atoms with Crippen LogP contribution in [0.1, 0.15) is 58.5 Å². The van der Waals surface area contributed by atoms with Crippen molar-refractivity contribution in [1.82, 2.24) is 15.6 Å². The van der Waals surface area contributed by atoms with Gasteiger partial charge >= 0.3 is 0 Å². The number of aromatic nitrogens is 1. The van der Waals surface area contributed by atoms with Crippen LogP contribution in [0.4, 0.5) is 4.39 Å². The van der Waals surface area contributed by atoms with Crippen molar-refractivity contribution in [2.75, 3.05) is 13.7 Å². The van der Waals surface area contributed by atoms with E-state index in [1.807, 2.05) is 36.5 Å². The molecule has 1 aliphatic heterocycles. The van der Waals surface area contributed by atoms with Crippen LogP contribution in [0.3, 0.4) is 0 Å². The number of carbonyl (C=O) groups excluding carboxylic acids is 2. The highest BCUT2D eigenvalue weighted by molar-refractivity contribution is 6.00. The van der Waals surface area contributed by atoms with Crippen LogP contribution in [0, 0.1) is 5.82 Å². The minimum atomic E-state index is -1.23. The first-order valence-corrected chi connectivity index (χ1v) is 13.5. The number of benzene rings is 3. The Morgan fingerprint density at radius 1 is 1.07 bits per heavy atom. The number of para-hydroxylation sites is 1. The zero-order chi connectivity index (χ0) is 28.4. The molecule has 4 N–H and O–H groups in total. The predicted molar refractivity (Wildman–Crippen MR) is 153 cm³/mol. The van der Waals surface area contributed by atoms with E-state index in [9.17, 15) is 19.1 Å². The topological polar surface area (TPSA) is 103 Å². The van der Waals surface area contributed by atoms with E-state index in [2.05, 4.69) is 15.6 Å². The number of aromatic amines is 1. The standard InChI is InChI=1S/C32H34FN3O4/c1-32(2,39)28(17-23-18-35-27-10-5-4-9-25(23)27)36-31(38)26-16-21(12-19-8-6-7-11-40-29(19)26)20-13-22(30(37)34-3)15-24(33)14-20/h4-5,9-10,12-16,18,28,35,39H,6-8,11,17H2,1-3H3,(H,34,37)(H,36,38). The Balaban J connectivity index is 1.53. The number of hydrogen-bond donors (Lipinski definition) is 4. The molecule has 1 unspecified atom stereocenters. The number of ether oxygens (including phenoxy) is 1. The third kappa shape index (κ3) is 5.72. The molecule has 0 saturated carbocycles. The molecular weight excluding hydrogens is 509 g/mol. The van der Waals surface area contributed by atoms with Crippen LogP contribution in [0.2, 0.25) is 0 Å². The fourth-order valence-electron chi connectivity index (χ4n) is 5.24. The van der Waals surface area contributed by atoms with E-state index < -0.39 is 29.3 Å². The summed E-state index contributed by atoms with van der Waals surface area (Å²) in [5.74, 6) is -0.839. The molecule has 0 radical (unpaired) electrons. The molecule has 4 aromatic rings. The quantitative estimate of drug-likeness (QED) is 0.259. The van der Waals surface area contributed by atoms with Crippen LogP contribution in [0.5, 0.6) is 5.75 Å². The second-order valence-electron chi connectivity index (χ2n) is 10.9. The first-order valence-electron chi connectivity index (χ1n) is 13.5. The lowest BCUT2D eigenvalue weighted by atomic mass is 9.91. The van der Waals surface area contributed by atoms with Crippen molar-refractivity contribution in [3.8, 4) is 16.9 Å². The van der Waals surface area contributed by atoms with E-state index in [0.29, 0.717) is 41.9 Å². The fraction of sp³-hybridized carbons (Fsp3) is 0.312. The van der Waals surface area contributed by atoms with Gasteiger partial charge < -0.3 is 25.5 Å². The first-order chi connectivity index (χ1) is 19.1. The van der Waals surface area contributed by atoms with Crippen molar-refractivity contribution in [2.24, 2.45) is 0 Å². The fourth-order valence-corrected chi connectivity index (χ4v) is 5.24. The number of aliphatic hydroxyl groups is 1. The number of hydrogen-bond acceptors (Lipinski definition) is 4. The Kier molecular flexibility index (Phi) is 7.63. The second kappa shape index (κ2) is 11.1. The van der Waals surface area contributed by atoms with Crippen molar-refractivity contribution < 1.29 is 23.8 Å². The Labute approximate surface area is 232 Å². The summed E-state index contributed by atoms with van der Waals surface area (Å²) in [4.78, 5) is 29.4. The summed E-state index contributed by atoms with van der Waals surface area (Å²) in [5, 5.41) is 17.7. The summed E-state index contributed by atoms with van der Waals surface area (Å²) in [6, 6.07) is 15.0. The van der Waals surface area contributed by atoms with E-state index in [1.165, 1.54) is 19.2 Å². The minimum absolute atomic E-state index is 0.190. The molecule has 1 atom stereocenters. The van der Waals surface area contributed by atoms with Gasteiger partial charge in [0.2, 0.25) is 0 Å². The lowest BCUT2D eigenvalue weighted by Crippen LogP contribution is -2.50. The van der Waals surface area contributed by atoms with Crippen LogP contribution in [0.25, 0.3) is 22.0 Å². The van der Waals surface area contributed by atoms with E-state index in [-0.39, 0.29) is 5.56 Å². The average Bonchev–Trinajstić information content (AvgIpc) is 3.18. The van der Waals surface area contributed by atoms with E-state index >= 15 is 0 Å². The zero-order valence-electron chi connectivity index (χ0n) is 22.9. The number of carbonyl (C=O) groups is 2. The van der Waals surface area contributed by atoms with E-state index in [4.69, 9.17) is 4.74 Å². The molecule has 1 aromatic heterocycles. The highest BCUT2D eigenvalue weighted by atomic mass is 19.1. The first kappa shape index (κ1) is 27.4. The summed E-state index contributed by atoms with van der Waals surface area (Å²) >= 11 is 0. The normalized spacial score (nSPS) is 14.1. The molecule has 0 saturated heterocycles. The maximum absolute atomic E-state index is 14.6. The Bertz CT molecular complexity index is 1570. The Morgan fingerprint density at radius 2 is 1.85 bits per heavy atom. The van der Waals surface area contributed by atoms with Gasteiger partial charge in [-0.3, -0.25) is 9.59 Å². The molecule has 0 spiro atoms. The molecule has 3 aromatic carbocycles. The number of nitrogens with one attached hydrogen (secondary N) is 3. The van der Waals surface area contributed by atoms with Crippen molar-refractivity contribution in [3.05, 3.63) is 88.9 Å². The molecule has 40 heavy (non-hydrogen) atoms. The van der Waals surface area contributed by atoms with Gasteiger partial charge in [-0.25, -0.2) is 4.39 Å². The van der Waals surface area contributed by atoms with Crippen LogP contribution in [0.15, 0.2) is 60.8 Å².